The second kappa shape index (κ2) is 6.01. The van der Waals surface area contributed by atoms with E-state index < -0.39 is 5.60 Å². The number of aromatic nitrogens is 2. The molecule has 3 atom stereocenters. The fourth-order valence-corrected chi connectivity index (χ4v) is 3.89. The molecule has 0 spiro atoms. The molecule has 1 saturated heterocycles. The number of nitrogens with zero attached hydrogens (tertiary/aromatic N) is 2. The van der Waals surface area contributed by atoms with Gasteiger partial charge >= 0.3 is 6.09 Å². The van der Waals surface area contributed by atoms with E-state index in [0.29, 0.717) is 11.6 Å². The largest absolute Gasteiger partial charge is 0.444 e. The molecule has 1 saturated carbocycles. The molecule has 138 valence electrons. The number of anilines is 1. The normalized spacial score (nSPS) is 24.5. The van der Waals surface area contributed by atoms with Crippen LogP contribution >= 0.6 is 15.9 Å². The number of ether oxygens (including phenoxy) is 1. The third-order valence-corrected chi connectivity index (χ3v) is 5.65. The van der Waals surface area contributed by atoms with Gasteiger partial charge in [-0.1, -0.05) is 6.07 Å². The van der Waals surface area contributed by atoms with Crippen LogP contribution in [-0.4, -0.2) is 32.6 Å². The van der Waals surface area contributed by atoms with Gasteiger partial charge in [-0.25, -0.2) is 9.78 Å². The summed E-state index contributed by atoms with van der Waals surface area (Å²) in [6.07, 6.45) is 3.54. The summed E-state index contributed by atoms with van der Waals surface area (Å²) in [6, 6.07) is 6.03. The highest BCUT2D eigenvalue weighted by molar-refractivity contribution is 9.10. The molecule has 7 heteroatoms. The molecule has 2 fully saturated rings. The molecule has 2 aromatic rings. The molecule has 1 aromatic carbocycles. The van der Waals surface area contributed by atoms with Gasteiger partial charge in [-0.05, 0) is 67.6 Å². The summed E-state index contributed by atoms with van der Waals surface area (Å²) in [5, 5.41) is 0. The Morgan fingerprint density at radius 1 is 1.38 bits per heavy atom. The third-order valence-electron chi connectivity index (χ3n) is 4.93. The van der Waals surface area contributed by atoms with E-state index in [1.165, 1.54) is 0 Å². The third kappa shape index (κ3) is 3.20. The number of H-pyrrole nitrogens is 1. The van der Waals surface area contributed by atoms with Gasteiger partial charge in [-0.2, -0.15) is 0 Å². The molecule has 1 aromatic heterocycles. The quantitative estimate of drug-likeness (QED) is 0.703. The Morgan fingerprint density at radius 2 is 2.15 bits per heavy atom. The minimum Gasteiger partial charge on any atom is -0.444 e. The Bertz CT molecular complexity index is 857. The van der Waals surface area contributed by atoms with Crippen molar-refractivity contribution in [3.05, 3.63) is 34.7 Å². The Morgan fingerprint density at radius 3 is 2.85 bits per heavy atom. The smallest absolute Gasteiger partial charge is 0.411 e. The van der Waals surface area contributed by atoms with Gasteiger partial charge in [0, 0.05) is 21.8 Å². The van der Waals surface area contributed by atoms with E-state index in [9.17, 15) is 4.79 Å². The fraction of sp³-hybridized carbons (Fsp3) is 0.474. The zero-order valence-electron chi connectivity index (χ0n) is 15.1. The average molecular weight is 419 g/mol. The minimum atomic E-state index is -0.502. The fourth-order valence-electron chi connectivity index (χ4n) is 3.64. The molecule has 6 nitrogen and oxygen atoms in total. The number of imidazole rings is 1. The number of benzene rings is 1. The van der Waals surface area contributed by atoms with E-state index in [1.807, 2.05) is 43.9 Å². The summed E-state index contributed by atoms with van der Waals surface area (Å²) in [5.41, 5.74) is 8.02. The van der Waals surface area contributed by atoms with E-state index in [-0.39, 0.29) is 18.2 Å². The van der Waals surface area contributed by atoms with Gasteiger partial charge in [0.05, 0.1) is 17.9 Å². The van der Waals surface area contributed by atoms with Crippen LogP contribution in [-0.2, 0) is 4.74 Å². The molecule has 1 aliphatic heterocycles. The van der Waals surface area contributed by atoms with E-state index in [0.717, 1.165) is 34.4 Å². The molecule has 0 bridgehead atoms. The van der Waals surface area contributed by atoms with E-state index >= 15 is 0 Å². The number of hydrogen-bond acceptors (Lipinski definition) is 4. The lowest BCUT2D eigenvalue weighted by Gasteiger charge is -2.29. The van der Waals surface area contributed by atoms with Crippen molar-refractivity contribution in [2.45, 2.75) is 51.3 Å². The number of fused-ring (bicyclic) bond motifs is 1. The van der Waals surface area contributed by atoms with Crippen molar-refractivity contribution in [2.75, 3.05) is 5.73 Å². The molecule has 2 aliphatic rings. The average Bonchev–Trinajstić information content (AvgIpc) is 2.99. The number of carbonyl (C=O) groups is 1. The van der Waals surface area contributed by atoms with Crippen molar-refractivity contribution < 1.29 is 9.53 Å². The Labute approximate surface area is 161 Å². The molecule has 0 radical (unpaired) electrons. The number of halogens is 1. The van der Waals surface area contributed by atoms with Crippen molar-refractivity contribution in [1.29, 1.82) is 0 Å². The lowest BCUT2D eigenvalue weighted by molar-refractivity contribution is 0.0175. The van der Waals surface area contributed by atoms with Gasteiger partial charge in [0.1, 0.15) is 11.4 Å². The lowest BCUT2D eigenvalue weighted by Crippen LogP contribution is -2.38. The van der Waals surface area contributed by atoms with Gasteiger partial charge in [0.25, 0.3) is 0 Å². The van der Waals surface area contributed by atoms with E-state index in [2.05, 4.69) is 25.9 Å². The maximum absolute atomic E-state index is 12.7. The van der Waals surface area contributed by atoms with Crippen LogP contribution in [0.4, 0.5) is 10.5 Å². The van der Waals surface area contributed by atoms with Crippen molar-refractivity contribution in [3.8, 4) is 11.3 Å². The number of nitrogens with two attached hydrogens (primary N) is 1. The van der Waals surface area contributed by atoms with Crippen molar-refractivity contribution in [1.82, 2.24) is 14.9 Å². The van der Waals surface area contributed by atoms with Crippen LogP contribution in [0.3, 0.4) is 0 Å². The van der Waals surface area contributed by atoms with Crippen LogP contribution in [0, 0.1) is 5.92 Å². The number of likely N-dealkylation sites (tertiary alicyclic amines) is 1. The molecular formula is C19H23BrN4O2. The standard InChI is InChI=1S/C19H23BrN4O2/c1-19(2,3)26-18(25)24-15-7-11(15)8-16(24)17-22-9-14(23-17)10-4-5-12(20)13(21)6-10/h4-6,9,11,15-16H,7-8,21H2,1-3H3,(H,22,23)/t11-,15-,16+/m1/s1. The van der Waals surface area contributed by atoms with Gasteiger partial charge in [0.15, 0.2) is 0 Å². The summed E-state index contributed by atoms with van der Waals surface area (Å²) in [4.78, 5) is 22.5. The number of aromatic amines is 1. The maximum Gasteiger partial charge on any atom is 0.411 e. The van der Waals surface area contributed by atoms with Crippen LogP contribution in [0.5, 0.6) is 0 Å². The Kier molecular flexibility index (Phi) is 4.02. The first kappa shape index (κ1) is 17.4. The molecule has 26 heavy (non-hydrogen) atoms. The number of carbonyl (C=O) groups excluding carboxylic acids is 1. The molecule has 1 amide bonds. The van der Waals surface area contributed by atoms with Gasteiger partial charge in [0.2, 0.25) is 0 Å². The second-order valence-corrected chi connectivity index (χ2v) is 8.97. The lowest BCUT2D eigenvalue weighted by atomic mass is 10.1. The van der Waals surface area contributed by atoms with Crippen LogP contribution < -0.4 is 5.73 Å². The zero-order valence-corrected chi connectivity index (χ0v) is 16.7. The monoisotopic (exact) mass is 418 g/mol. The molecule has 3 N–H and O–H groups in total. The van der Waals surface area contributed by atoms with E-state index in [4.69, 9.17) is 10.5 Å². The highest BCUT2D eigenvalue weighted by Crippen LogP contribution is 2.53. The molecule has 0 unspecified atom stereocenters. The first-order valence-corrected chi connectivity index (χ1v) is 9.64. The number of hydrogen-bond donors (Lipinski definition) is 2. The second-order valence-electron chi connectivity index (χ2n) is 8.12. The summed E-state index contributed by atoms with van der Waals surface area (Å²) in [6.45, 7) is 5.68. The van der Waals surface area contributed by atoms with Crippen LogP contribution in [0.25, 0.3) is 11.3 Å². The predicted octanol–water partition coefficient (Wildman–Crippen LogP) is 4.49. The van der Waals surface area contributed by atoms with Crippen molar-refractivity contribution >= 4 is 27.7 Å². The van der Waals surface area contributed by atoms with Gasteiger partial charge < -0.3 is 15.5 Å². The summed E-state index contributed by atoms with van der Waals surface area (Å²) >= 11 is 3.41. The molecule has 2 heterocycles. The predicted molar refractivity (Wildman–Crippen MR) is 103 cm³/mol. The Balaban J connectivity index is 1.58. The van der Waals surface area contributed by atoms with Crippen LogP contribution in [0.1, 0.15) is 45.5 Å². The number of piperidine rings is 1. The van der Waals surface area contributed by atoms with Crippen molar-refractivity contribution in [3.63, 3.8) is 0 Å². The minimum absolute atomic E-state index is 0.0601. The summed E-state index contributed by atoms with van der Waals surface area (Å²) in [5.74, 6) is 1.36. The van der Waals surface area contributed by atoms with Crippen LogP contribution in [0.15, 0.2) is 28.9 Å². The summed E-state index contributed by atoms with van der Waals surface area (Å²) < 4.78 is 6.48. The number of amides is 1. The molecule has 4 rings (SSSR count). The number of nitrogens with one attached hydrogen (secondary N) is 1. The van der Waals surface area contributed by atoms with Crippen molar-refractivity contribution in [2.24, 2.45) is 5.92 Å². The SMILES string of the molecule is CC(C)(C)OC(=O)N1[C@@H]2C[C@@H]2C[C@H]1c1ncc(-c2ccc(Br)c(N)c2)[nH]1. The highest BCUT2D eigenvalue weighted by atomic mass is 79.9. The number of rotatable bonds is 2. The number of nitrogen functional groups attached to an aromatic ring is 1. The first-order valence-electron chi connectivity index (χ1n) is 8.84. The van der Waals surface area contributed by atoms with E-state index in [1.54, 1.807) is 6.20 Å². The van der Waals surface area contributed by atoms with Crippen LogP contribution in [0.2, 0.25) is 0 Å². The topological polar surface area (TPSA) is 84.2 Å². The zero-order chi connectivity index (χ0) is 18.6. The van der Waals surface area contributed by atoms with Gasteiger partial charge in [-0.15, -0.1) is 0 Å². The molecule has 1 aliphatic carbocycles. The Hall–Kier alpha value is -2.02. The first-order chi connectivity index (χ1) is 12.2. The molecular weight excluding hydrogens is 396 g/mol. The summed E-state index contributed by atoms with van der Waals surface area (Å²) in [7, 11) is 0. The maximum atomic E-state index is 12.7. The van der Waals surface area contributed by atoms with Gasteiger partial charge in [-0.3, -0.25) is 4.90 Å². The highest BCUT2D eigenvalue weighted by Gasteiger charge is 2.56.